The van der Waals surface area contributed by atoms with Gasteiger partial charge in [-0.05, 0) is 38.0 Å². The Kier molecular flexibility index (Phi) is 3.77. The number of hydrogen-bond acceptors (Lipinski definition) is 2. The highest BCUT2D eigenvalue weighted by molar-refractivity contribution is 5.94. The predicted molar refractivity (Wildman–Crippen MR) is 66.9 cm³/mol. The van der Waals surface area contributed by atoms with Gasteiger partial charge in [0.2, 0.25) is 0 Å². The Morgan fingerprint density at radius 3 is 2.59 bits per heavy atom. The Morgan fingerprint density at radius 2 is 2.00 bits per heavy atom. The minimum Gasteiger partial charge on any atom is -0.380 e. The van der Waals surface area contributed by atoms with E-state index in [1.807, 2.05) is 0 Å². The monoisotopic (exact) mass is 235 g/mol. The highest BCUT2D eigenvalue weighted by atomic mass is 19.1. The van der Waals surface area contributed by atoms with Gasteiger partial charge in [-0.1, -0.05) is 19.3 Å². The molecule has 2 rings (SSSR count). The molecule has 1 aliphatic rings. The van der Waals surface area contributed by atoms with Gasteiger partial charge in [0.1, 0.15) is 5.82 Å². The molecule has 1 aliphatic carbocycles. The molecule has 3 heteroatoms. The number of anilines is 1. The topological polar surface area (TPSA) is 29.1 Å². The first-order valence-corrected chi connectivity index (χ1v) is 6.24. The first-order valence-electron chi connectivity index (χ1n) is 6.24. The number of hydrogen-bond donors (Lipinski definition) is 1. The van der Waals surface area contributed by atoms with Crippen molar-refractivity contribution in [1.82, 2.24) is 0 Å². The fraction of sp³-hybridized carbons (Fsp3) is 0.500. The van der Waals surface area contributed by atoms with E-state index in [1.54, 1.807) is 12.1 Å². The average Bonchev–Trinajstić information content (AvgIpc) is 2.33. The molecule has 0 atom stereocenters. The van der Waals surface area contributed by atoms with E-state index in [2.05, 4.69) is 5.32 Å². The maximum Gasteiger partial charge on any atom is 0.159 e. The molecule has 1 N–H and O–H groups in total. The molecule has 0 amide bonds. The Balaban J connectivity index is 2.08. The lowest BCUT2D eigenvalue weighted by Crippen LogP contribution is -2.22. The molecule has 1 fully saturated rings. The number of nitrogens with one attached hydrogen (secondary N) is 1. The van der Waals surface area contributed by atoms with E-state index in [0.717, 1.165) is 12.8 Å². The normalized spacial score (nSPS) is 16.8. The second kappa shape index (κ2) is 5.30. The zero-order valence-electron chi connectivity index (χ0n) is 10.1. The van der Waals surface area contributed by atoms with Gasteiger partial charge in [-0.25, -0.2) is 4.39 Å². The van der Waals surface area contributed by atoms with E-state index in [1.165, 1.54) is 32.3 Å². The molecule has 0 saturated heterocycles. The van der Waals surface area contributed by atoms with E-state index >= 15 is 0 Å². The summed E-state index contributed by atoms with van der Waals surface area (Å²) < 4.78 is 13.8. The molecule has 0 heterocycles. The largest absolute Gasteiger partial charge is 0.380 e. The van der Waals surface area contributed by atoms with Crippen molar-refractivity contribution in [3.8, 4) is 0 Å². The van der Waals surface area contributed by atoms with Gasteiger partial charge in [-0.2, -0.15) is 0 Å². The molecule has 0 bridgehead atoms. The molecular weight excluding hydrogens is 217 g/mol. The molecule has 0 aliphatic heterocycles. The van der Waals surface area contributed by atoms with Crippen LogP contribution in [0.4, 0.5) is 10.1 Å². The lowest BCUT2D eigenvalue weighted by atomic mass is 9.95. The van der Waals surface area contributed by atoms with Crippen LogP contribution in [-0.4, -0.2) is 11.8 Å². The van der Waals surface area contributed by atoms with Gasteiger partial charge in [0.25, 0.3) is 0 Å². The average molecular weight is 235 g/mol. The van der Waals surface area contributed by atoms with Crippen molar-refractivity contribution in [2.45, 2.75) is 45.1 Å². The van der Waals surface area contributed by atoms with E-state index in [-0.39, 0.29) is 11.6 Å². The molecule has 1 aromatic rings. The first kappa shape index (κ1) is 12.1. The van der Waals surface area contributed by atoms with Crippen LogP contribution in [0.15, 0.2) is 18.2 Å². The zero-order valence-corrected chi connectivity index (χ0v) is 10.1. The third-order valence-corrected chi connectivity index (χ3v) is 3.34. The van der Waals surface area contributed by atoms with E-state index in [9.17, 15) is 9.18 Å². The van der Waals surface area contributed by atoms with Crippen LogP contribution >= 0.6 is 0 Å². The molecule has 2 nitrogen and oxygen atoms in total. The lowest BCUT2D eigenvalue weighted by Gasteiger charge is -2.24. The van der Waals surface area contributed by atoms with Crippen molar-refractivity contribution in [3.05, 3.63) is 29.6 Å². The summed E-state index contributed by atoms with van der Waals surface area (Å²) in [6.45, 7) is 1.45. The van der Waals surface area contributed by atoms with Crippen LogP contribution in [0.5, 0.6) is 0 Å². The number of carbonyl (C=O) groups excluding carboxylic acids is 1. The van der Waals surface area contributed by atoms with E-state index < -0.39 is 0 Å². The van der Waals surface area contributed by atoms with Crippen molar-refractivity contribution < 1.29 is 9.18 Å². The van der Waals surface area contributed by atoms with Crippen LogP contribution < -0.4 is 5.32 Å². The van der Waals surface area contributed by atoms with Gasteiger partial charge < -0.3 is 5.32 Å². The van der Waals surface area contributed by atoms with Gasteiger partial charge in [0.05, 0.1) is 5.69 Å². The van der Waals surface area contributed by atoms with Crippen LogP contribution in [0, 0.1) is 5.82 Å². The number of carbonyl (C=O) groups is 1. The smallest absolute Gasteiger partial charge is 0.159 e. The standard InChI is InChI=1S/C14H18FNO/c1-10(17)11-7-8-14(13(15)9-11)16-12-5-3-2-4-6-12/h7-9,12,16H,2-6H2,1H3. The summed E-state index contributed by atoms with van der Waals surface area (Å²) >= 11 is 0. The third kappa shape index (κ3) is 3.05. The van der Waals surface area contributed by atoms with Gasteiger partial charge in [-0.3, -0.25) is 4.79 Å². The molecule has 1 saturated carbocycles. The number of rotatable bonds is 3. The van der Waals surface area contributed by atoms with Crippen molar-refractivity contribution in [2.75, 3.05) is 5.32 Å². The quantitative estimate of drug-likeness (QED) is 0.808. The SMILES string of the molecule is CC(=O)c1ccc(NC2CCCCC2)c(F)c1. The second-order valence-corrected chi connectivity index (χ2v) is 4.73. The molecular formula is C14H18FNO. The van der Waals surface area contributed by atoms with Gasteiger partial charge in [0.15, 0.2) is 5.78 Å². The van der Waals surface area contributed by atoms with E-state index in [4.69, 9.17) is 0 Å². The predicted octanol–water partition coefficient (Wildman–Crippen LogP) is 3.77. The van der Waals surface area contributed by atoms with Crippen molar-refractivity contribution >= 4 is 11.5 Å². The maximum absolute atomic E-state index is 13.8. The Bertz CT molecular complexity index is 411. The molecule has 0 aromatic heterocycles. The summed E-state index contributed by atoms with van der Waals surface area (Å²) in [7, 11) is 0. The number of Topliss-reactive ketones (excluding diaryl/α,β-unsaturated/α-hetero) is 1. The molecule has 0 spiro atoms. The van der Waals surface area contributed by atoms with Crippen molar-refractivity contribution in [3.63, 3.8) is 0 Å². The van der Waals surface area contributed by atoms with Crippen LogP contribution in [0.3, 0.4) is 0 Å². The third-order valence-electron chi connectivity index (χ3n) is 3.34. The lowest BCUT2D eigenvalue weighted by molar-refractivity contribution is 0.101. The molecule has 0 radical (unpaired) electrons. The summed E-state index contributed by atoms with van der Waals surface area (Å²) in [5.74, 6) is -0.434. The Hall–Kier alpha value is -1.38. The van der Waals surface area contributed by atoms with Crippen LogP contribution in [0.1, 0.15) is 49.4 Å². The fourth-order valence-electron chi connectivity index (χ4n) is 2.32. The Labute approximate surface area is 101 Å². The fourth-order valence-corrected chi connectivity index (χ4v) is 2.32. The zero-order chi connectivity index (χ0) is 12.3. The molecule has 17 heavy (non-hydrogen) atoms. The van der Waals surface area contributed by atoms with Gasteiger partial charge in [-0.15, -0.1) is 0 Å². The van der Waals surface area contributed by atoms with Crippen LogP contribution in [0.25, 0.3) is 0 Å². The minimum absolute atomic E-state index is 0.104. The van der Waals surface area contributed by atoms with Crippen molar-refractivity contribution in [2.24, 2.45) is 0 Å². The number of benzene rings is 1. The highest BCUT2D eigenvalue weighted by Gasteiger charge is 2.15. The number of ketones is 1. The number of halogens is 1. The maximum atomic E-state index is 13.8. The highest BCUT2D eigenvalue weighted by Crippen LogP contribution is 2.23. The molecule has 92 valence electrons. The summed E-state index contributed by atoms with van der Waals surface area (Å²) in [6, 6.07) is 5.03. The van der Waals surface area contributed by atoms with E-state index in [0.29, 0.717) is 17.3 Å². The molecule has 1 aromatic carbocycles. The summed E-state index contributed by atoms with van der Waals surface area (Å²) in [5, 5.41) is 3.23. The first-order chi connectivity index (χ1) is 8.16. The van der Waals surface area contributed by atoms with Gasteiger partial charge >= 0.3 is 0 Å². The molecule has 0 unspecified atom stereocenters. The minimum atomic E-state index is -0.330. The van der Waals surface area contributed by atoms with Crippen LogP contribution in [0.2, 0.25) is 0 Å². The van der Waals surface area contributed by atoms with Crippen LogP contribution in [-0.2, 0) is 0 Å². The summed E-state index contributed by atoms with van der Waals surface area (Å²) in [6.07, 6.45) is 5.92. The van der Waals surface area contributed by atoms with Gasteiger partial charge in [0, 0.05) is 11.6 Å². The summed E-state index contributed by atoms with van der Waals surface area (Å²) in [4.78, 5) is 11.1. The summed E-state index contributed by atoms with van der Waals surface area (Å²) in [5.41, 5.74) is 0.943. The van der Waals surface area contributed by atoms with Crippen molar-refractivity contribution in [1.29, 1.82) is 0 Å². The second-order valence-electron chi connectivity index (χ2n) is 4.73. The Morgan fingerprint density at radius 1 is 1.29 bits per heavy atom.